The molecule has 7 nitrogen and oxygen atoms in total. The molecule has 0 aliphatic carbocycles. The molecule has 1 amide bonds. The lowest BCUT2D eigenvalue weighted by atomic mass is 10.1. The number of aromatic nitrogens is 2. The van der Waals surface area contributed by atoms with Gasteiger partial charge in [0.25, 0.3) is 5.91 Å². The summed E-state index contributed by atoms with van der Waals surface area (Å²) in [6.45, 7) is 3.23. The first kappa shape index (κ1) is 19.0. The van der Waals surface area contributed by atoms with Crippen molar-refractivity contribution in [3.63, 3.8) is 0 Å². The number of aliphatic carboxylic acids is 1. The molecule has 0 saturated heterocycles. The van der Waals surface area contributed by atoms with Crippen LogP contribution in [-0.4, -0.2) is 33.0 Å². The summed E-state index contributed by atoms with van der Waals surface area (Å²) in [4.78, 5) is 32.0. The minimum Gasteiger partial charge on any atom is -0.480 e. The first-order chi connectivity index (χ1) is 13.4. The van der Waals surface area contributed by atoms with Gasteiger partial charge in [-0.05, 0) is 32.0 Å². The molecular formula is C21H20N4O3. The molecule has 3 N–H and O–H groups in total. The highest BCUT2D eigenvalue weighted by Crippen LogP contribution is 2.22. The number of nitrogens with one attached hydrogen (secondary N) is 2. The Kier molecular flexibility index (Phi) is 5.64. The Morgan fingerprint density at radius 2 is 1.75 bits per heavy atom. The first-order valence-electron chi connectivity index (χ1n) is 8.74. The second-order valence-corrected chi connectivity index (χ2v) is 6.29. The van der Waals surface area contributed by atoms with Crippen molar-refractivity contribution in [2.24, 2.45) is 0 Å². The van der Waals surface area contributed by atoms with Gasteiger partial charge in [-0.3, -0.25) is 9.59 Å². The fourth-order valence-electron chi connectivity index (χ4n) is 2.62. The Balaban J connectivity index is 1.82. The molecule has 1 heterocycles. The van der Waals surface area contributed by atoms with Crippen LogP contribution in [0.1, 0.15) is 23.1 Å². The molecule has 3 aromatic rings. The summed E-state index contributed by atoms with van der Waals surface area (Å²) in [6.07, 6.45) is 0. The average molecular weight is 376 g/mol. The lowest BCUT2D eigenvalue weighted by molar-refractivity contribution is -0.138. The number of rotatable bonds is 6. The molecule has 1 atom stereocenters. The topological polar surface area (TPSA) is 104 Å². The minimum atomic E-state index is -1.09. The van der Waals surface area contributed by atoms with Crippen molar-refractivity contribution >= 4 is 23.4 Å². The van der Waals surface area contributed by atoms with Crippen LogP contribution >= 0.6 is 0 Å². The van der Waals surface area contributed by atoms with Crippen LogP contribution in [0, 0.1) is 6.92 Å². The zero-order valence-electron chi connectivity index (χ0n) is 15.5. The van der Waals surface area contributed by atoms with Gasteiger partial charge in [-0.1, -0.05) is 36.4 Å². The molecule has 1 aromatic heterocycles. The van der Waals surface area contributed by atoms with E-state index in [0.717, 1.165) is 11.3 Å². The number of anilines is 2. The smallest absolute Gasteiger partial charge is 0.325 e. The van der Waals surface area contributed by atoms with Crippen LogP contribution in [0.2, 0.25) is 0 Å². The number of amides is 1. The van der Waals surface area contributed by atoms with Crippen LogP contribution in [0.4, 0.5) is 11.5 Å². The van der Waals surface area contributed by atoms with Gasteiger partial charge in [0.05, 0.1) is 5.69 Å². The van der Waals surface area contributed by atoms with Gasteiger partial charge < -0.3 is 15.7 Å². The van der Waals surface area contributed by atoms with Crippen LogP contribution in [0.5, 0.6) is 0 Å². The van der Waals surface area contributed by atoms with E-state index in [4.69, 9.17) is 5.11 Å². The lowest BCUT2D eigenvalue weighted by Gasteiger charge is -2.12. The molecule has 1 unspecified atom stereocenters. The molecule has 0 bridgehead atoms. The Labute approximate surface area is 162 Å². The summed E-state index contributed by atoms with van der Waals surface area (Å²) in [5, 5.41) is 14.5. The number of carbonyl (C=O) groups excluding carboxylic acids is 1. The summed E-state index contributed by atoms with van der Waals surface area (Å²) in [5.74, 6) is -0.328. The molecule has 142 valence electrons. The van der Waals surface area contributed by atoms with Crippen molar-refractivity contribution < 1.29 is 14.7 Å². The normalized spacial score (nSPS) is 11.5. The molecule has 0 saturated carbocycles. The standard InChI is InChI=1S/C21H20N4O3/c1-13(21(27)28)22-20(26)16-9-6-10-17(11-16)25-19-12-18(23-14(2)24-19)15-7-4-3-5-8-15/h3-13H,1-2H3,(H,22,26)(H,27,28)(H,23,24,25). The number of nitrogens with zero attached hydrogens (tertiary/aromatic N) is 2. The molecule has 0 aliphatic rings. The van der Waals surface area contributed by atoms with E-state index < -0.39 is 17.9 Å². The van der Waals surface area contributed by atoms with Crippen LogP contribution in [0.15, 0.2) is 60.7 Å². The highest BCUT2D eigenvalue weighted by molar-refractivity contribution is 5.97. The Hall–Kier alpha value is -3.74. The van der Waals surface area contributed by atoms with Gasteiger partial charge in [-0.15, -0.1) is 0 Å². The predicted molar refractivity (Wildman–Crippen MR) is 106 cm³/mol. The van der Waals surface area contributed by atoms with Crippen molar-refractivity contribution in [3.8, 4) is 11.3 Å². The molecule has 0 radical (unpaired) electrons. The Bertz CT molecular complexity index is 1010. The second-order valence-electron chi connectivity index (χ2n) is 6.29. The molecule has 0 spiro atoms. The maximum atomic E-state index is 12.2. The third-order valence-electron chi connectivity index (χ3n) is 4.02. The van der Waals surface area contributed by atoms with Crippen LogP contribution < -0.4 is 10.6 Å². The van der Waals surface area contributed by atoms with Gasteiger partial charge in [0.1, 0.15) is 17.7 Å². The third kappa shape index (κ3) is 4.70. The summed E-state index contributed by atoms with van der Waals surface area (Å²) < 4.78 is 0. The molecule has 0 aliphatic heterocycles. The molecule has 2 aromatic carbocycles. The first-order valence-corrected chi connectivity index (χ1v) is 8.74. The van der Waals surface area contributed by atoms with E-state index >= 15 is 0 Å². The van der Waals surface area contributed by atoms with Gasteiger partial charge in [0, 0.05) is 22.9 Å². The third-order valence-corrected chi connectivity index (χ3v) is 4.02. The zero-order chi connectivity index (χ0) is 20.1. The summed E-state index contributed by atoms with van der Waals surface area (Å²) in [7, 11) is 0. The highest BCUT2D eigenvalue weighted by Gasteiger charge is 2.15. The van der Waals surface area contributed by atoms with Crippen molar-refractivity contribution in [1.29, 1.82) is 0 Å². The molecule has 28 heavy (non-hydrogen) atoms. The van der Waals surface area contributed by atoms with E-state index in [2.05, 4.69) is 20.6 Å². The molecule has 0 fully saturated rings. The zero-order valence-corrected chi connectivity index (χ0v) is 15.5. The second kappa shape index (κ2) is 8.30. The van der Waals surface area contributed by atoms with Gasteiger partial charge >= 0.3 is 5.97 Å². The number of carbonyl (C=O) groups is 2. The highest BCUT2D eigenvalue weighted by atomic mass is 16.4. The monoisotopic (exact) mass is 376 g/mol. The maximum Gasteiger partial charge on any atom is 0.325 e. The quantitative estimate of drug-likeness (QED) is 0.609. The summed E-state index contributed by atoms with van der Waals surface area (Å²) >= 11 is 0. The van der Waals surface area contributed by atoms with Crippen LogP contribution in [-0.2, 0) is 4.79 Å². The maximum absolute atomic E-state index is 12.2. The van der Waals surface area contributed by atoms with Crippen molar-refractivity contribution in [2.45, 2.75) is 19.9 Å². The number of carboxylic acid groups (broad SMARTS) is 1. The van der Waals surface area contributed by atoms with E-state index in [1.165, 1.54) is 6.92 Å². The Morgan fingerprint density at radius 1 is 1.00 bits per heavy atom. The van der Waals surface area contributed by atoms with E-state index in [0.29, 0.717) is 22.9 Å². The van der Waals surface area contributed by atoms with Crippen molar-refractivity contribution in [1.82, 2.24) is 15.3 Å². The fourth-order valence-corrected chi connectivity index (χ4v) is 2.62. The molecule has 7 heteroatoms. The summed E-state index contributed by atoms with van der Waals surface area (Å²) in [6, 6.07) is 17.4. The number of aryl methyl sites for hydroxylation is 1. The molecular weight excluding hydrogens is 356 g/mol. The number of benzene rings is 2. The van der Waals surface area contributed by atoms with Crippen molar-refractivity contribution in [2.75, 3.05) is 5.32 Å². The average Bonchev–Trinajstić information content (AvgIpc) is 2.68. The van der Waals surface area contributed by atoms with E-state index in [1.54, 1.807) is 24.3 Å². The SMILES string of the molecule is Cc1nc(Nc2cccc(C(=O)NC(C)C(=O)O)c2)cc(-c2ccccc2)n1. The van der Waals surface area contributed by atoms with Gasteiger partial charge in [0.2, 0.25) is 0 Å². The fraction of sp³-hybridized carbons (Fsp3) is 0.143. The Morgan fingerprint density at radius 3 is 2.46 bits per heavy atom. The number of hydrogen-bond acceptors (Lipinski definition) is 5. The molecule has 3 rings (SSSR count). The van der Waals surface area contributed by atoms with Gasteiger partial charge in [0.15, 0.2) is 0 Å². The lowest BCUT2D eigenvalue weighted by Crippen LogP contribution is -2.38. The predicted octanol–water partition coefficient (Wildman–Crippen LogP) is 3.40. The number of carboxylic acids is 1. The largest absolute Gasteiger partial charge is 0.480 e. The van der Waals surface area contributed by atoms with E-state index in [-0.39, 0.29) is 0 Å². The van der Waals surface area contributed by atoms with Crippen LogP contribution in [0.25, 0.3) is 11.3 Å². The van der Waals surface area contributed by atoms with Crippen LogP contribution in [0.3, 0.4) is 0 Å². The van der Waals surface area contributed by atoms with E-state index in [9.17, 15) is 9.59 Å². The van der Waals surface area contributed by atoms with Crippen molar-refractivity contribution in [3.05, 3.63) is 72.1 Å². The number of hydrogen-bond donors (Lipinski definition) is 3. The van der Waals surface area contributed by atoms with Gasteiger partial charge in [-0.25, -0.2) is 9.97 Å². The minimum absolute atomic E-state index is 0.354. The van der Waals surface area contributed by atoms with Gasteiger partial charge in [-0.2, -0.15) is 0 Å². The summed E-state index contributed by atoms with van der Waals surface area (Å²) in [5.41, 5.74) is 2.78. The van der Waals surface area contributed by atoms with E-state index in [1.807, 2.05) is 43.3 Å².